The van der Waals surface area contributed by atoms with Crippen LogP contribution in [-0.4, -0.2) is 49.1 Å². The van der Waals surface area contributed by atoms with Gasteiger partial charge in [-0.3, -0.25) is 4.79 Å². The van der Waals surface area contributed by atoms with Gasteiger partial charge in [-0.15, -0.1) is 0 Å². The third-order valence-corrected chi connectivity index (χ3v) is 5.35. The van der Waals surface area contributed by atoms with Gasteiger partial charge in [0.1, 0.15) is 0 Å². The number of fused-ring (bicyclic) bond motifs is 2. The molecule has 108 valence electrons. The van der Waals surface area contributed by atoms with Gasteiger partial charge in [-0.1, -0.05) is 6.42 Å². The fourth-order valence-corrected chi connectivity index (χ4v) is 4.13. The van der Waals surface area contributed by atoms with Crippen molar-refractivity contribution in [3.05, 3.63) is 0 Å². The average molecular weight is 265 g/mol. The van der Waals surface area contributed by atoms with Gasteiger partial charge >= 0.3 is 0 Å². The molecule has 0 radical (unpaired) electrons. The number of carbonyl (C=O) groups is 1. The predicted octanol–water partition coefficient (Wildman–Crippen LogP) is 1.12. The first-order valence-electron chi connectivity index (χ1n) is 7.97. The number of carbonyl (C=O) groups excluding carboxylic acids is 1. The normalized spacial score (nSPS) is 39.8. The molecular weight excluding hydrogens is 238 g/mol. The zero-order valence-electron chi connectivity index (χ0n) is 12.0. The van der Waals surface area contributed by atoms with Gasteiger partial charge in [0.05, 0.1) is 5.92 Å². The molecule has 0 saturated carbocycles. The third kappa shape index (κ3) is 2.95. The highest BCUT2D eigenvalue weighted by atomic mass is 16.2. The smallest absolute Gasteiger partial charge is 0.224 e. The average Bonchev–Trinajstić information content (AvgIpc) is 2.41. The lowest BCUT2D eigenvalue weighted by Gasteiger charge is -2.47. The number of hydrogen-bond acceptors (Lipinski definition) is 3. The Morgan fingerprint density at radius 2 is 1.89 bits per heavy atom. The zero-order chi connectivity index (χ0) is 13.2. The molecule has 3 rings (SSSR count). The van der Waals surface area contributed by atoms with Crippen LogP contribution >= 0.6 is 0 Å². The maximum Gasteiger partial charge on any atom is 0.224 e. The molecule has 3 aliphatic heterocycles. The van der Waals surface area contributed by atoms with E-state index >= 15 is 0 Å². The number of nitrogens with zero attached hydrogens (tertiary/aromatic N) is 1. The standard InChI is InChI=1S/C15H27N3O/c1-18-13-5-2-6-14(18)9-12(8-13)17-15(19)11-4-3-7-16-10-11/h11-14,16H,2-10H2,1H3,(H,17,19)/t11-,12?,13?,14?/m0/s1. The van der Waals surface area contributed by atoms with Crippen LogP contribution in [0.25, 0.3) is 0 Å². The number of piperidine rings is 3. The lowest BCUT2D eigenvalue weighted by molar-refractivity contribution is -0.127. The maximum atomic E-state index is 12.3. The van der Waals surface area contributed by atoms with Crippen LogP contribution in [0.1, 0.15) is 44.9 Å². The van der Waals surface area contributed by atoms with E-state index in [4.69, 9.17) is 0 Å². The number of rotatable bonds is 2. The lowest BCUT2D eigenvalue weighted by Crippen LogP contribution is -2.56. The molecule has 0 aromatic carbocycles. The molecule has 3 heterocycles. The van der Waals surface area contributed by atoms with E-state index in [1.54, 1.807) is 0 Å². The summed E-state index contributed by atoms with van der Waals surface area (Å²) in [7, 11) is 2.26. The Kier molecular flexibility index (Phi) is 4.08. The summed E-state index contributed by atoms with van der Waals surface area (Å²) < 4.78 is 0. The van der Waals surface area contributed by atoms with E-state index in [2.05, 4.69) is 22.6 Å². The molecule has 4 heteroatoms. The summed E-state index contributed by atoms with van der Waals surface area (Å²) in [4.78, 5) is 14.9. The molecular formula is C15H27N3O. The molecule has 0 spiro atoms. The Bertz CT molecular complexity index is 313. The van der Waals surface area contributed by atoms with Gasteiger partial charge in [0.25, 0.3) is 0 Å². The van der Waals surface area contributed by atoms with E-state index < -0.39 is 0 Å². The van der Waals surface area contributed by atoms with Crippen molar-refractivity contribution < 1.29 is 4.79 Å². The highest BCUT2D eigenvalue weighted by molar-refractivity contribution is 5.79. The monoisotopic (exact) mass is 265 g/mol. The molecule has 4 nitrogen and oxygen atoms in total. The molecule has 0 aromatic heterocycles. The first kappa shape index (κ1) is 13.4. The van der Waals surface area contributed by atoms with Crippen molar-refractivity contribution in [3.8, 4) is 0 Å². The molecule has 0 aliphatic carbocycles. The van der Waals surface area contributed by atoms with Crippen molar-refractivity contribution in [2.75, 3.05) is 20.1 Å². The van der Waals surface area contributed by atoms with Crippen molar-refractivity contribution >= 4 is 5.91 Å². The second-order valence-corrected chi connectivity index (χ2v) is 6.62. The van der Waals surface area contributed by atoms with Crippen LogP contribution in [0.15, 0.2) is 0 Å². The summed E-state index contributed by atoms with van der Waals surface area (Å²) in [6.45, 7) is 1.94. The van der Waals surface area contributed by atoms with Gasteiger partial charge in [-0.2, -0.15) is 0 Å². The SMILES string of the molecule is CN1C2CCCC1CC(NC(=O)[C@H]1CCCNC1)C2. The predicted molar refractivity (Wildman–Crippen MR) is 75.9 cm³/mol. The highest BCUT2D eigenvalue weighted by Gasteiger charge is 2.37. The Morgan fingerprint density at radius 1 is 1.16 bits per heavy atom. The number of nitrogens with one attached hydrogen (secondary N) is 2. The molecule has 1 amide bonds. The molecule has 2 N–H and O–H groups in total. The van der Waals surface area contributed by atoms with E-state index in [9.17, 15) is 4.79 Å². The molecule has 0 aromatic rings. The minimum absolute atomic E-state index is 0.202. The Balaban J connectivity index is 1.54. The van der Waals surface area contributed by atoms with Crippen molar-refractivity contribution in [3.63, 3.8) is 0 Å². The van der Waals surface area contributed by atoms with E-state index in [1.807, 2.05) is 0 Å². The van der Waals surface area contributed by atoms with Crippen LogP contribution in [0.5, 0.6) is 0 Å². The van der Waals surface area contributed by atoms with Crippen molar-refractivity contribution in [1.29, 1.82) is 0 Å². The van der Waals surface area contributed by atoms with Crippen molar-refractivity contribution in [2.45, 2.75) is 63.1 Å². The van der Waals surface area contributed by atoms with E-state index in [0.717, 1.165) is 38.8 Å². The Labute approximate surface area is 116 Å². The van der Waals surface area contributed by atoms with Gasteiger partial charge in [-0.25, -0.2) is 0 Å². The minimum atomic E-state index is 0.202. The van der Waals surface area contributed by atoms with Crippen molar-refractivity contribution in [1.82, 2.24) is 15.5 Å². The quantitative estimate of drug-likeness (QED) is 0.786. The largest absolute Gasteiger partial charge is 0.353 e. The van der Waals surface area contributed by atoms with E-state index in [-0.39, 0.29) is 5.92 Å². The van der Waals surface area contributed by atoms with Gasteiger partial charge in [0.2, 0.25) is 5.91 Å². The van der Waals surface area contributed by atoms with Crippen LogP contribution in [0.2, 0.25) is 0 Å². The van der Waals surface area contributed by atoms with E-state index in [0.29, 0.717) is 24.0 Å². The maximum absolute atomic E-state index is 12.3. The van der Waals surface area contributed by atoms with Crippen LogP contribution < -0.4 is 10.6 Å². The van der Waals surface area contributed by atoms with Gasteiger partial charge < -0.3 is 15.5 Å². The fourth-order valence-electron chi connectivity index (χ4n) is 4.13. The molecule has 19 heavy (non-hydrogen) atoms. The zero-order valence-corrected chi connectivity index (χ0v) is 12.0. The van der Waals surface area contributed by atoms with Crippen LogP contribution in [0, 0.1) is 5.92 Å². The van der Waals surface area contributed by atoms with E-state index in [1.165, 1.54) is 19.3 Å². The highest BCUT2D eigenvalue weighted by Crippen LogP contribution is 2.32. The molecule has 3 saturated heterocycles. The Morgan fingerprint density at radius 3 is 2.53 bits per heavy atom. The molecule has 3 fully saturated rings. The summed E-state index contributed by atoms with van der Waals surface area (Å²) in [5, 5.41) is 6.66. The van der Waals surface area contributed by atoms with Gasteiger partial charge in [-0.05, 0) is 52.1 Å². The summed E-state index contributed by atoms with van der Waals surface area (Å²) in [6, 6.07) is 1.81. The van der Waals surface area contributed by atoms with Gasteiger partial charge in [0, 0.05) is 24.7 Å². The van der Waals surface area contributed by atoms with Crippen LogP contribution in [0.4, 0.5) is 0 Å². The first-order chi connectivity index (χ1) is 9.24. The lowest BCUT2D eigenvalue weighted by atomic mass is 9.82. The summed E-state index contributed by atoms with van der Waals surface area (Å²) in [5.74, 6) is 0.494. The third-order valence-electron chi connectivity index (χ3n) is 5.35. The summed E-state index contributed by atoms with van der Waals surface area (Å²) in [6.07, 6.45) is 8.48. The summed E-state index contributed by atoms with van der Waals surface area (Å²) >= 11 is 0. The number of hydrogen-bond donors (Lipinski definition) is 2. The van der Waals surface area contributed by atoms with Crippen molar-refractivity contribution in [2.24, 2.45) is 5.92 Å². The molecule has 2 unspecified atom stereocenters. The molecule has 2 bridgehead atoms. The molecule has 3 aliphatic rings. The van der Waals surface area contributed by atoms with Gasteiger partial charge in [0.15, 0.2) is 0 Å². The topological polar surface area (TPSA) is 44.4 Å². The molecule has 3 atom stereocenters. The first-order valence-corrected chi connectivity index (χ1v) is 7.97. The van der Waals surface area contributed by atoms with Crippen LogP contribution in [-0.2, 0) is 4.79 Å². The minimum Gasteiger partial charge on any atom is -0.353 e. The Hall–Kier alpha value is -0.610. The van der Waals surface area contributed by atoms with Crippen LogP contribution in [0.3, 0.4) is 0 Å². The summed E-state index contributed by atoms with van der Waals surface area (Å²) in [5.41, 5.74) is 0. The second-order valence-electron chi connectivity index (χ2n) is 6.62. The second kappa shape index (κ2) is 5.80. The number of amides is 1. The fraction of sp³-hybridized carbons (Fsp3) is 0.933.